The zero-order chi connectivity index (χ0) is 12.2. The van der Waals surface area contributed by atoms with Gasteiger partial charge in [-0.05, 0) is 0 Å². The zero-order valence-corrected chi connectivity index (χ0v) is 9.14. The molecule has 3 aliphatic rings. The molecule has 6 heteroatoms. The van der Waals surface area contributed by atoms with E-state index in [2.05, 4.69) is 10.1 Å². The number of nitrogens with one attached hydrogen (secondary N) is 1. The molecule has 2 bridgehead atoms. The molecular weight excluding hydrogens is 226 g/mol. The van der Waals surface area contributed by atoms with E-state index in [-0.39, 0.29) is 12.5 Å². The van der Waals surface area contributed by atoms with Crippen LogP contribution in [0.4, 0.5) is 0 Å². The number of rotatable bonds is 2. The molecule has 0 unspecified atom stereocenters. The number of esters is 2. The van der Waals surface area contributed by atoms with Gasteiger partial charge in [0.15, 0.2) is 0 Å². The molecule has 0 spiro atoms. The second-order valence-electron chi connectivity index (χ2n) is 4.55. The first kappa shape index (κ1) is 10.5. The molecule has 6 nitrogen and oxygen atoms in total. The first-order chi connectivity index (χ1) is 8.03. The molecule has 17 heavy (non-hydrogen) atoms. The summed E-state index contributed by atoms with van der Waals surface area (Å²) in [5.74, 6) is -2.48. The van der Waals surface area contributed by atoms with Gasteiger partial charge in [0.2, 0.25) is 5.91 Å². The summed E-state index contributed by atoms with van der Waals surface area (Å²) in [5.41, 5.74) is -0.912. The highest BCUT2D eigenvalue weighted by molar-refractivity contribution is 5.99. The third kappa shape index (κ3) is 1.27. The highest BCUT2D eigenvalue weighted by atomic mass is 16.6. The Bertz CT molecular complexity index is 457. The third-order valence-electron chi connectivity index (χ3n) is 3.50. The van der Waals surface area contributed by atoms with Gasteiger partial charge in [0.25, 0.3) is 0 Å². The topological polar surface area (TPSA) is 81.7 Å². The van der Waals surface area contributed by atoms with Crippen LogP contribution < -0.4 is 5.32 Å². The minimum Gasteiger partial charge on any atom is -0.393 e. The highest BCUT2D eigenvalue weighted by Crippen LogP contribution is 2.50. The van der Waals surface area contributed by atoms with Gasteiger partial charge in [0.1, 0.15) is 17.4 Å². The maximum Gasteiger partial charge on any atom is 0.320 e. The van der Waals surface area contributed by atoms with Crippen LogP contribution in [0.3, 0.4) is 0 Å². The lowest BCUT2D eigenvalue weighted by molar-refractivity contribution is -0.158. The van der Waals surface area contributed by atoms with Crippen LogP contribution in [-0.2, 0) is 23.9 Å². The molecule has 4 atom stereocenters. The van der Waals surface area contributed by atoms with E-state index in [1.165, 1.54) is 6.92 Å². The summed E-state index contributed by atoms with van der Waals surface area (Å²) in [6.45, 7) is 1.57. The van der Waals surface area contributed by atoms with Gasteiger partial charge < -0.3 is 14.8 Å². The van der Waals surface area contributed by atoms with Gasteiger partial charge >= 0.3 is 11.9 Å². The molecule has 2 fully saturated rings. The number of hydrogen-bond acceptors (Lipinski definition) is 5. The summed E-state index contributed by atoms with van der Waals surface area (Å²) >= 11 is 0. The summed E-state index contributed by atoms with van der Waals surface area (Å²) in [4.78, 5) is 34.1. The van der Waals surface area contributed by atoms with Gasteiger partial charge in [-0.1, -0.05) is 12.2 Å². The minimum atomic E-state index is -0.912. The summed E-state index contributed by atoms with van der Waals surface area (Å²) in [7, 11) is 0. The van der Waals surface area contributed by atoms with E-state index in [1.807, 2.05) is 0 Å². The molecule has 0 aromatic carbocycles. The summed E-state index contributed by atoms with van der Waals surface area (Å²) in [5, 5.41) is 2.62. The summed E-state index contributed by atoms with van der Waals surface area (Å²) < 4.78 is 10.3. The van der Waals surface area contributed by atoms with Gasteiger partial charge in [0.05, 0.1) is 12.6 Å². The molecule has 0 radical (unpaired) electrons. The van der Waals surface area contributed by atoms with Crippen LogP contribution in [0.2, 0.25) is 0 Å². The van der Waals surface area contributed by atoms with Crippen LogP contribution >= 0.6 is 0 Å². The SMILES string of the molecule is CC(=O)NC[C@]12C=C[C@H](O1)[C@H]1C(=O)OC(=O)[C@@H]12. The highest BCUT2D eigenvalue weighted by Gasteiger charge is 2.66. The van der Waals surface area contributed by atoms with E-state index in [9.17, 15) is 14.4 Å². The van der Waals surface area contributed by atoms with Crippen molar-refractivity contribution in [3.8, 4) is 0 Å². The number of fused-ring (bicyclic) bond motifs is 5. The molecule has 2 saturated heterocycles. The standard InChI is InChI=1S/C11H11NO5/c1-5(13)12-4-11-3-2-6(17-11)7-8(11)10(15)16-9(7)14/h2-3,6-8H,4H2,1H3,(H,12,13)/t6-,7+,8+,11-/m0/s1. The monoisotopic (exact) mass is 237 g/mol. The predicted octanol–water partition coefficient (Wildman–Crippen LogP) is -0.854. The maximum absolute atomic E-state index is 11.6. The van der Waals surface area contributed by atoms with Crippen LogP contribution in [-0.4, -0.2) is 36.1 Å². The maximum atomic E-state index is 11.6. The summed E-state index contributed by atoms with van der Waals surface area (Å²) in [6, 6.07) is 0. The lowest BCUT2D eigenvalue weighted by atomic mass is 9.77. The Kier molecular flexibility index (Phi) is 1.95. The Morgan fingerprint density at radius 1 is 1.47 bits per heavy atom. The number of hydrogen-bond donors (Lipinski definition) is 1. The van der Waals surface area contributed by atoms with Gasteiger partial charge in [-0.3, -0.25) is 14.4 Å². The van der Waals surface area contributed by atoms with Gasteiger partial charge in [0, 0.05) is 6.92 Å². The van der Waals surface area contributed by atoms with Crippen molar-refractivity contribution in [3.63, 3.8) is 0 Å². The number of carbonyl (C=O) groups excluding carboxylic acids is 3. The predicted molar refractivity (Wildman–Crippen MR) is 53.5 cm³/mol. The van der Waals surface area contributed by atoms with Crippen molar-refractivity contribution in [2.45, 2.75) is 18.6 Å². The molecule has 0 aliphatic carbocycles. The van der Waals surface area contributed by atoms with Crippen molar-refractivity contribution in [2.24, 2.45) is 11.8 Å². The van der Waals surface area contributed by atoms with E-state index in [0.717, 1.165) is 0 Å². The number of ether oxygens (including phenoxy) is 2. The lowest BCUT2D eigenvalue weighted by Crippen LogP contribution is -2.47. The third-order valence-corrected chi connectivity index (χ3v) is 3.50. The lowest BCUT2D eigenvalue weighted by Gasteiger charge is -2.26. The first-order valence-corrected chi connectivity index (χ1v) is 5.41. The van der Waals surface area contributed by atoms with Crippen LogP contribution in [0.5, 0.6) is 0 Å². The Balaban J connectivity index is 1.91. The first-order valence-electron chi connectivity index (χ1n) is 5.41. The number of cyclic esters (lactones) is 2. The van der Waals surface area contributed by atoms with Crippen molar-refractivity contribution < 1.29 is 23.9 Å². The Labute approximate surface area is 96.9 Å². The summed E-state index contributed by atoms with van der Waals surface area (Å²) in [6.07, 6.45) is 3.09. The van der Waals surface area contributed by atoms with Crippen LogP contribution in [0, 0.1) is 11.8 Å². The number of carbonyl (C=O) groups is 3. The minimum absolute atomic E-state index is 0.179. The molecule has 1 N–H and O–H groups in total. The van der Waals surface area contributed by atoms with Gasteiger partial charge in [-0.25, -0.2) is 0 Å². The molecule has 3 aliphatic heterocycles. The van der Waals surface area contributed by atoms with Gasteiger partial charge in [-0.2, -0.15) is 0 Å². The van der Waals surface area contributed by atoms with Crippen LogP contribution in [0.1, 0.15) is 6.92 Å². The molecule has 1 amide bonds. The molecule has 0 aromatic rings. The Morgan fingerprint density at radius 3 is 2.94 bits per heavy atom. The second kappa shape index (κ2) is 3.16. The average Bonchev–Trinajstić information content (AvgIpc) is 2.88. The van der Waals surface area contributed by atoms with Gasteiger partial charge in [-0.15, -0.1) is 0 Å². The van der Waals surface area contributed by atoms with E-state index < -0.39 is 35.5 Å². The van der Waals surface area contributed by atoms with E-state index >= 15 is 0 Å². The molecular formula is C11H11NO5. The van der Waals surface area contributed by atoms with E-state index in [1.54, 1.807) is 12.2 Å². The van der Waals surface area contributed by atoms with Crippen molar-refractivity contribution in [1.82, 2.24) is 5.32 Å². The Morgan fingerprint density at radius 2 is 2.24 bits per heavy atom. The van der Waals surface area contributed by atoms with E-state index in [0.29, 0.717) is 0 Å². The smallest absolute Gasteiger partial charge is 0.320 e. The van der Waals surface area contributed by atoms with Crippen molar-refractivity contribution in [1.29, 1.82) is 0 Å². The molecule has 3 heterocycles. The van der Waals surface area contributed by atoms with Crippen molar-refractivity contribution >= 4 is 17.8 Å². The molecule has 3 rings (SSSR count). The fraction of sp³-hybridized carbons (Fsp3) is 0.545. The second-order valence-corrected chi connectivity index (χ2v) is 4.55. The largest absolute Gasteiger partial charge is 0.393 e. The van der Waals surface area contributed by atoms with Crippen molar-refractivity contribution in [3.05, 3.63) is 12.2 Å². The average molecular weight is 237 g/mol. The fourth-order valence-corrected chi connectivity index (χ4v) is 2.77. The van der Waals surface area contributed by atoms with E-state index in [4.69, 9.17) is 4.74 Å². The zero-order valence-electron chi connectivity index (χ0n) is 9.14. The number of amides is 1. The molecule has 90 valence electrons. The van der Waals surface area contributed by atoms with Crippen LogP contribution in [0.15, 0.2) is 12.2 Å². The normalized spacial score (nSPS) is 41.6. The molecule has 0 saturated carbocycles. The quantitative estimate of drug-likeness (QED) is 0.384. The Hall–Kier alpha value is -1.69. The fourth-order valence-electron chi connectivity index (χ4n) is 2.77. The molecule has 0 aromatic heterocycles. The van der Waals surface area contributed by atoms with Crippen LogP contribution in [0.25, 0.3) is 0 Å². The van der Waals surface area contributed by atoms with Crippen molar-refractivity contribution in [2.75, 3.05) is 6.54 Å².